The lowest BCUT2D eigenvalue weighted by Crippen LogP contribution is -2.05. The molecule has 1 atom stereocenters. The zero-order valence-electron chi connectivity index (χ0n) is 11.3. The van der Waals surface area contributed by atoms with Crippen molar-refractivity contribution in [3.8, 4) is 11.5 Å². The molecule has 0 fully saturated rings. The van der Waals surface area contributed by atoms with E-state index in [1.807, 2.05) is 30.3 Å². The monoisotopic (exact) mass is 270 g/mol. The van der Waals surface area contributed by atoms with Crippen molar-refractivity contribution < 1.29 is 14.6 Å². The Hall–Kier alpha value is -2.00. The molecule has 20 heavy (non-hydrogen) atoms. The van der Waals surface area contributed by atoms with E-state index in [-0.39, 0.29) is 12.5 Å². The summed E-state index contributed by atoms with van der Waals surface area (Å²) in [6.07, 6.45) is 1.66. The molecule has 0 saturated carbocycles. The van der Waals surface area contributed by atoms with Gasteiger partial charge in [-0.05, 0) is 42.0 Å². The average Bonchev–Trinajstić information content (AvgIpc) is 2.95. The minimum atomic E-state index is 0.186. The molecule has 2 aromatic rings. The fraction of sp³-hybridized carbons (Fsp3) is 0.294. The van der Waals surface area contributed by atoms with Crippen LogP contribution >= 0.6 is 0 Å². The second-order valence-electron chi connectivity index (χ2n) is 5.01. The molecule has 1 aliphatic heterocycles. The maximum atomic E-state index is 9.31. The lowest BCUT2D eigenvalue weighted by atomic mass is 9.89. The number of aliphatic hydroxyl groups is 1. The van der Waals surface area contributed by atoms with E-state index >= 15 is 0 Å². The van der Waals surface area contributed by atoms with Crippen LogP contribution in [0.25, 0.3) is 0 Å². The van der Waals surface area contributed by atoms with E-state index in [9.17, 15) is 5.11 Å². The largest absolute Gasteiger partial charge is 0.454 e. The van der Waals surface area contributed by atoms with Crippen molar-refractivity contribution in [2.75, 3.05) is 13.4 Å². The first-order valence-electron chi connectivity index (χ1n) is 6.91. The van der Waals surface area contributed by atoms with Crippen LogP contribution in [-0.4, -0.2) is 18.5 Å². The molecule has 0 amide bonds. The van der Waals surface area contributed by atoms with Crippen LogP contribution in [0.5, 0.6) is 11.5 Å². The number of aliphatic hydroxyl groups excluding tert-OH is 1. The Morgan fingerprint density at radius 2 is 1.80 bits per heavy atom. The summed E-state index contributed by atoms with van der Waals surface area (Å²) < 4.78 is 10.8. The number of ether oxygens (including phenoxy) is 2. The maximum absolute atomic E-state index is 9.31. The Kier molecular flexibility index (Phi) is 3.88. The van der Waals surface area contributed by atoms with E-state index < -0.39 is 0 Å². The molecule has 0 aliphatic carbocycles. The fourth-order valence-electron chi connectivity index (χ4n) is 2.61. The van der Waals surface area contributed by atoms with Crippen molar-refractivity contribution in [3.63, 3.8) is 0 Å². The first-order valence-corrected chi connectivity index (χ1v) is 6.91. The predicted octanol–water partition coefficient (Wildman–Crippen LogP) is 3.12. The highest BCUT2D eigenvalue weighted by Crippen LogP contribution is 2.36. The first-order chi connectivity index (χ1) is 9.86. The summed E-state index contributed by atoms with van der Waals surface area (Å²) in [4.78, 5) is 0. The minimum Gasteiger partial charge on any atom is -0.454 e. The summed E-state index contributed by atoms with van der Waals surface area (Å²) in [5, 5.41) is 9.31. The van der Waals surface area contributed by atoms with Crippen LogP contribution in [0, 0.1) is 0 Å². The lowest BCUT2D eigenvalue weighted by molar-refractivity contribution is 0.174. The van der Waals surface area contributed by atoms with Crippen LogP contribution in [-0.2, 0) is 6.42 Å². The Labute approximate surface area is 118 Å². The fourth-order valence-corrected chi connectivity index (χ4v) is 2.61. The maximum Gasteiger partial charge on any atom is 0.231 e. The van der Waals surface area contributed by atoms with Crippen molar-refractivity contribution >= 4 is 0 Å². The third kappa shape index (κ3) is 2.78. The van der Waals surface area contributed by atoms with E-state index in [4.69, 9.17) is 9.47 Å². The number of benzene rings is 2. The summed E-state index contributed by atoms with van der Waals surface area (Å²) in [6, 6.07) is 16.4. The van der Waals surface area contributed by atoms with E-state index in [1.165, 1.54) is 11.1 Å². The highest BCUT2D eigenvalue weighted by atomic mass is 16.7. The van der Waals surface area contributed by atoms with E-state index in [1.54, 1.807) is 0 Å². The van der Waals surface area contributed by atoms with Gasteiger partial charge in [-0.25, -0.2) is 0 Å². The highest BCUT2D eigenvalue weighted by molar-refractivity contribution is 5.45. The van der Waals surface area contributed by atoms with Gasteiger partial charge in [0.1, 0.15) is 0 Å². The van der Waals surface area contributed by atoms with Gasteiger partial charge in [0.05, 0.1) is 0 Å². The predicted molar refractivity (Wildman–Crippen MR) is 77.2 cm³/mol. The SMILES string of the molecule is OCC[C@H](Cc1ccccc1)c1ccc2c(c1)OCO2. The molecule has 2 aromatic carbocycles. The Balaban J connectivity index is 1.83. The van der Waals surface area contributed by atoms with Crippen LogP contribution in [0.2, 0.25) is 0 Å². The van der Waals surface area contributed by atoms with E-state index in [0.29, 0.717) is 6.79 Å². The minimum absolute atomic E-state index is 0.186. The van der Waals surface area contributed by atoms with Crippen LogP contribution in [0.1, 0.15) is 23.5 Å². The summed E-state index contributed by atoms with van der Waals surface area (Å²) in [5.41, 5.74) is 2.47. The zero-order valence-corrected chi connectivity index (χ0v) is 11.3. The topological polar surface area (TPSA) is 38.7 Å². The zero-order chi connectivity index (χ0) is 13.8. The molecule has 1 heterocycles. The van der Waals surface area contributed by atoms with Crippen molar-refractivity contribution in [1.29, 1.82) is 0 Å². The third-order valence-electron chi connectivity index (χ3n) is 3.67. The number of rotatable bonds is 5. The van der Waals surface area contributed by atoms with Gasteiger partial charge in [-0.1, -0.05) is 36.4 Å². The number of fused-ring (bicyclic) bond motifs is 1. The summed E-state index contributed by atoms with van der Waals surface area (Å²) in [7, 11) is 0. The molecule has 0 saturated heterocycles. The van der Waals surface area contributed by atoms with Gasteiger partial charge in [0, 0.05) is 6.61 Å². The summed E-state index contributed by atoms with van der Waals surface area (Å²) >= 11 is 0. The van der Waals surface area contributed by atoms with Gasteiger partial charge in [-0.15, -0.1) is 0 Å². The second-order valence-corrected chi connectivity index (χ2v) is 5.01. The van der Waals surface area contributed by atoms with Gasteiger partial charge in [0.2, 0.25) is 6.79 Å². The Morgan fingerprint density at radius 3 is 2.60 bits per heavy atom. The van der Waals surface area contributed by atoms with Crippen molar-refractivity contribution in [2.24, 2.45) is 0 Å². The third-order valence-corrected chi connectivity index (χ3v) is 3.67. The molecule has 3 heteroatoms. The average molecular weight is 270 g/mol. The van der Waals surface area contributed by atoms with Gasteiger partial charge < -0.3 is 14.6 Å². The molecule has 0 radical (unpaired) electrons. The normalized spacial score (nSPS) is 14.2. The van der Waals surface area contributed by atoms with Crippen LogP contribution < -0.4 is 9.47 Å². The summed E-state index contributed by atoms with van der Waals surface area (Å²) in [5.74, 6) is 1.90. The van der Waals surface area contributed by atoms with Crippen molar-refractivity contribution in [3.05, 3.63) is 59.7 Å². The number of hydrogen-bond acceptors (Lipinski definition) is 3. The van der Waals surface area contributed by atoms with Gasteiger partial charge in [-0.2, -0.15) is 0 Å². The molecule has 1 N–H and O–H groups in total. The Morgan fingerprint density at radius 1 is 1.00 bits per heavy atom. The summed E-state index contributed by atoms with van der Waals surface area (Å²) in [6.45, 7) is 0.480. The standard InChI is InChI=1S/C17H18O3/c18-9-8-15(10-13-4-2-1-3-5-13)14-6-7-16-17(11-14)20-12-19-16/h1-7,11,15,18H,8-10,12H2/t15-/m1/s1. The first kappa shape index (κ1) is 13.0. The van der Waals surface area contributed by atoms with Crippen molar-refractivity contribution in [1.82, 2.24) is 0 Å². The van der Waals surface area contributed by atoms with Gasteiger partial charge >= 0.3 is 0 Å². The van der Waals surface area contributed by atoms with Crippen LogP contribution in [0.4, 0.5) is 0 Å². The molecule has 3 rings (SSSR count). The smallest absolute Gasteiger partial charge is 0.231 e. The quantitative estimate of drug-likeness (QED) is 0.907. The lowest BCUT2D eigenvalue weighted by Gasteiger charge is -2.17. The molecule has 0 unspecified atom stereocenters. The van der Waals surface area contributed by atoms with Crippen LogP contribution in [0.3, 0.4) is 0 Å². The number of hydrogen-bond donors (Lipinski definition) is 1. The van der Waals surface area contributed by atoms with Crippen LogP contribution in [0.15, 0.2) is 48.5 Å². The van der Waals surface area contributed by atoms with Gasteiger partial charge in [-0.3, -0.25) is 0 Å². The Bertz CT molecular complexity index is 566. The molecule has 1 aliphatic rings. The van der Waals surface area contributed by atoms with E-state index in [2.05, 4.69) is 18.2 Å². The molecule has 0 bridgehead atoms. The van der Waals surface area contributed by atoms with Gasteiger partial charge in [0.25, 0.3) is 0 Å². The molecule has 0 aromatic heterocycles. The molecule has 3 nitrogen and oxygen atoms in total. The van der Waals surface area contributed by atoms with Gasteiger partial charge in [0.15, 0.2) is 11.5 Å². The molecular weight excluding hydrogens is 252 g/mol. The molecule has 0 spiro atoms. The second kappa shape index (κ2) is 5.97. The molecule has 104 valence electrons. The van der Waals surface area contributed by atoms with E-state index in [0.717, 1.165) is 24.3 Å². The highest BCUT2D eigenvalue weighted by Gasteiger charge is 2.18. The van der Waals surface area contributed by atoms with Crippen molar-refractivity contribution in [2.45, 2.75) is 18.8 Å². The molecular formula is C17H18O3.